The fourth-order valence-electron chi connectivity index (χ4n) is 1.33. The first-order chi connectivity index (χ1) is 6.44. The van der Waals surface area contributed by atoms with Gasteiger partial charge in [0.15, 0.2) is 5.79 Å². The van der Waals surface area contributed by atoms with Crippen molar-refractivity contribution in [3.8, 4) is 12.5 Å². The lowest BCUT2D eigenvalue weighted by Gasteiger charge is -2.19. The monoisotopic (exact) mass is 197 g/mol. The van der Waals surface area contributed by atoms with Crippen LogP contribution < -0.4 is 0 Å². The predicted molar refractivity (Wildman–Crippen MR) is 51.1 cm³/mol. The van der Waals surface area contributed by atoms with Gasteiger partial charge in [-0.2, -0.15) is 0 Å². The number of carbonyl (C=O) groups excluding carboxylic acids is 1. The van der Waals surface area contributed by atoms with Crippen molar-refractivity contribution in [1.29, 1.82) is 0 Å². The van der Waals surface area contributed by atoms with Gasteiger partial charge < -0.3 is 9.47 Å². The molecule has 1 saturated heterocycles. The number of terminal acetylenes is 1. The van der Waals surface area contributed by atoms with Crippen LogP contribution in [0.5, 0.6) is 0 Å². The molecule has 14 heavy (non-hydrogen) atoms. The fraction of sp³-hybridized carbons (Fsp3) is 0.700. The summed E-state index contributed by atoms with van der Waals surface area (Å²) >= 11 is 0. The molecule has 0 radical (unpaired) electrons. The maximum absolute atomic E-state index is 11.0. The minimum atomic E-state index is -0.568. The van der Waals surface area contributed by atoms with Crippen molar-refractivity contribution in [2.24, 2.45) is 0 Å². The zero-order valence-electron chi connectivity index (χ0n) is 8.74. The molecule has 1 heterocycles. The van der Waals surface area contributed by atoms with Gasteiger partial charge in [-0.1, -0.05) is 6.42 Å². The lowest BCUT2D eigenvalue weighted by Crippen LogP contribution is -2.34. The molecule has 4 nitrogen and oxygen atoms in total. The van der Waals surface area contributed by atoms with Gasteiger partial charge in [-0.25, -0.2) is 0 Å². The van der Waals surface area contributed by atoms with E-state index in [2.05, 4.69) is 6.04 Å². The zero-order chi connectivity index (χ0) is 10.8. The fourth-order valence-corrected chi connectivity index (χ4v) is 1.33. The molecule has 78 valence electrons. The Bertz CT molecular complexity index is 267. The normalized spacial score (nSPS) is 24.3. The Morgan fingerprint density at radius 1 is 1.71 bits per heavy atom. The van der Waals surface area contributed by atoms with Gasteiger partial charge in [0.25, 0.3) is 0 Å². The summed E-state index contributed by atoms with van der Waals surface area (Å²) in [6, 6.07) is 2.30. The largest absolute Gasteiger partial charge is 0.348 e. The molecule has 0 saturated carbocycles. The van der Waals surface area contributed by atoms with Gasteiger partial charge in [-0.3, -0.25) is 9.69 Å². The predicted octanol–water partition coefficient (Wildman–Crippen LogP) is 0.577. The van der Waals surface area contributed by atoms with Crippen molar-refractivity contribution >= 4 is 5.91 Å². The summed E-state index contributed by atoms with van der Waals surface area (Å²) in [5.41, 5.74) is 0. The zero-order valence-corrected chi connectivity index (χ0v) is 8.74. The van der Waals surface area contributed by atoms with E-state index in [0.717, 1.165) is 0 Å². The second-order valence-electron chi connectivity index (χ2n) is 3.71. The summed E-state index contributed by atoms with van der Waals surface area (Å²) in [5, 5.41) is 0. The van der Waals surface area contributed by atoms with E-state index in [0.29, 0.717) is 13.2 Å². The first-order valence-corrected chi connectivity index (χ1v) is 4.51. The van der Waals surface area contributed by atoms with Crippen LogP contribution in [0.3, 0.4) is 0 Å². The molecule has 1 amide bonds. The number of rotatable bonds is 2. The first kappa shape index (κ1) is 11.0. The van der Waals surface area contributed by atoms with Crippen molar-refractivity contribution in [3.63, 3.8) is 0 Å². The molecule has 0 aromatic carbocycles. The van der Waals surface area contributed by atoms with Crippen LogP contribution in [0, 0.1) is 12.5 Å². The summed E-state index contributed by atoms with van der Waals surface area (Å²) in [6.45, 7) is 5.95. The molecule has 0 spiro atoms. The Kier molecular flexibility index (Phi) is 3.14. The van der Waals surface area contributed by atoms with Gasteiger partial charge in [0.1, 0.15) is 6.10 Å². The Labute approximate surface area is 84.2 Å². The minimum absolute atomic E-state index is 0.134. The third-order valence-electron chi connectivity index (χ3n) is 1.99. The smallest absolute Gasteiger partial charge is 0.231 e. The van der Waals surface area contributed by atoms with E-state index in [-0.39, 0.29) is 12.0 Å². The lowest BCUT2D eigenvalue weighted by atomic mass is 10.3. The second kappa shape index (κ2) is 3.99. The van der Waals surface area contributed by atoms with Crippen LogP contribution in [0.15, 0.2) is 0 Å². The van der Waals surface area contributed by atoms with E-state index in [9.17, 15) is 4.79 Å². The highest BCUT2D eigenvalue weighted by Gasteiger charge is 2.33. The summed E-state index contributed by atoms with van der Waals surface area (Å²) in [5.74, 6) is -0.720. The van der Waals surface area contributed by atoms with Crippen LogP contribution >= 0.6 is 0 Å². The summed E-state index contributed by atoms with van der Waals surface area (Å²) < 4.78 is 10.9. The standard InChI is InChI=1S/C10H15NO3/c1-5-11(8(2)12)6-9-7-13-10(3,4)14-9/h1,9H,6-7H2,2-4H3. The van der Waals surface area contributed by atoms with E-state index >= 15 is 0 Å². The summed E-state index contributed by atoms with van der Waals surface area (Å²) in [7, 11) is 0. The van der Waals surface area contributed by atoms with Crippen LogP contribution in [-0.4, -0.2) is 35.8 Å². The molecular formula is C10H15NO3. The third kappa shape index (κ3) is 2.72. The summed E-state index contributed by atoms with van der Waals surface area (Å²) in [4.78, 5) is 12.3. The Morgan fingerprint density at radius 2 is 2.36 bits per heavy atom. The maximum atomic E-state index is 11.0. The quantitative estimate of drug-likeness (QED) is 0.480. The van der Waals surface area contributed by atoms with Crippen LogP contribution in [0.1, 0.15) is 20.8 Å². The van der Waals surface area contributed by atoms with Crippen LogP contribution in [0.2, 0.25) is 0 Å². The van der Waals surface area contributed by atoms with E-state index in [1.54, 1.807) is 0 Å². The van der Waals surface area contributed by atoms with Crippen LogP contribution in [0.4, 0.5) is 0 Å². The highest BCUT2D eigenvalue weighted by molar-refractivity contribution is 5.75. The Hall–Kier alpha value is -1.05. The minimum Gasteiger partial charge on any atom is -0.348 e. The molecule has 1 aliphatic rings. The van der Waals surface area contributed by atoms with Gasteiger partial charge in [0.2, 0.25) is 5.91 Å². The van der Waals surface area contributed by atoms with Crippen molar-refractivity contribution in [1.82, 2.24) is 4.90 Å². The Morgan fingerprint density at radius 3 is 2.71 bits per heavy atom. The molecule has 0 bridgehead atoms. The van der Waals surface area contributed by atoms with Crippen LogP contribution in [-0.2, 0) is 14.3 Å². The molecule has 1 aliphatic heterocycles. The number of ether oxygens (including phenoxy) is 2. The number of hydrogen-bond acceptors (Lipinski definition) is 3. The topological polar surface area (TPSA) is 38.8 Å². The second-order valence-corrected chi connectivity index (χ2v) is 3.71. The van der Waals surface area contributed by atoms with E-state index in [1.807, 2.05) is 13.8 Å². The van der Waals surface area contributed by atoms with E-state index in [1.165, 1.54) is 11.8 Å². The van der Waals surface area contributed by atoms with E-state index in [4.69, 9.17) is 15.9 Å². The van der Waals surface area contributed by atoms with Crippen molar-refractivity contribution in [2.75, 3.05) is 13.2 Å². The molecule has 1 fully saturated rings. The molecule has 0 aromatic rings. The number of amides is 1. The van der Waals surface area contributed by atoms with Crippen molar-refractivity contribution < 1.29 is 14.3 Å². The molecule has 0 aliphatic carbocycles. The van der Waals surface area contributed by atoms with Gasteiger partial charge in [0, 0.05) is 13.0 Å². The van der Waals surface area contributed by atoms with Gasteiger partial charge in [-0.05, 0) is 13.8 Å². The molecular weight excluding hydrogens is 182 g/mol. The molecule has 0 N–H and O–H groups in total. The molecule has 0 aromatic heterocycles. The van der Waals surface area contributed by atoms with Gasteiger partial charge >= 0.3 is 0 Å². The average Bonchev–Trinajstić information content (AvgIpc) is 2.41. The van der Waals surface area contributed by atoms with Gasteiger partial charge in [-0.15, -0.1) is 0 Å². The van der Waals surface area contributed by atoms with E-state index < -0.39 is 5.79 Å². The average molecular weight is 197 g/mol. The van der Waals surface area contributed by atoms with Crippen LogP contribution in [0.25, 0.3) is 0 Å². The highest BCUT2D eigenvalue weighted by Crippen LogP contribution is 2.22. The Balaban J connectivity index is 2.47. The number of hydrogen-bond donors (Lipinski definition) is 0. The third-order valence-corrected chi connectivity index (χ3v) is 1.99. The maximum Gasteiger partial charge on any atom is 0.231 e. The van der Waals surface area contributed by atoms with Gasteiger partial charge in [0.05, 0.1) is 13.2 Å². The molecule has 1 rings (SSSR count). The molecule has 1 atom stereocenters. The number of nitrogens with zero attached hydrogens (tertiary/aromatic N) is 1. The molecule has 4 heteroatoms. The van der Waals surface area contributed by atoms with Crippen molar-refractivity contribution in [3.05, 3.63) is 0 Å². The first-order valence-electron chi connectivity index (χ1n) is 4.51. The lowest BCUT2D eigenvalue weighted by molar-refractivity contribution is -0.143. The number of carbonyl (C=O) groups is 1. The molecule has 1 unspecified atom stereocenters. The highest BCUT2D eigenvalue weighted by atomic mass is 16.7. The summed E-state index contributed by atoms with van der Waals surface area (Å²) in [6.07, 6.45) is 5.04. The van der Waals surface area contributed by atoms with Crippen molar-refractivity contribution in [2.45, 2.75) is 32.7 Å². The SMILES string of the molecule is C#CN(CC1COC(C)(C)O1)C(C)=O.